The highest BCUT2D eigenvalue weighted by Gasteiger charge is 2.11. The average molecular weight is 254 g/mol. The summed E-state index contributed by atoms with van der Waals surface area (Å²) in [6, 6.07) is 4.17. The molecule has 0 fully saturated rings. The molecule has 1 atom stereocenters. The summed E-state index contributed by atoms with van der Waals surface area (Å²) in [7, 11) is 1.99. The monoisotopic (exact) mass is 254 g/mol. The summed E-state index contributed by atoms with van der Waals surface area (Å²) in [5.74, 6) is 0.101. The number of nitrogens with one attached hydrogen (secondary N) is 1. The molecule has 96 valence electrons. The van der Waals surface area contributed by atoms with Crippen LogP contribution in [0.15, 0.2) is 17.5 Å². The van der Waals surface area contributed by atoms with Gasteiger partial charge in [0.05, 0.1) is 12.6 Å². The predicted molar refractivity (Wildman–Crippen MR) is 73.3 cm³/mol. The van der Waals surface area contributed by atoms with Crippen LogP contribution in [0, 0.1) is 0 Å². The van der Waals surface area contributed by atoms with E-state index in [1.54, 1.807) is 11.3 Å². The van der Waals surface area contributed by atoms with Crippen molar-refractivity contribution in [1.29, 1.82) is 0 Å². The molecule has 1 aromatic heterocycles. The fourth-order valence-electron chi connectivity index (χ4n) is 1.65. The van der Waals surface area contributed by atoms with E-state index in [4.69, 9.17) is 0 Å². The molecule has 1 heterocycles. The maximum absolute atomic E-state index is 11.8. The number of likely N-dealkylation sites (N-methyl/N-ethyl adjacent to an activating group) is 1. The number of rotatable bonds is 7. The molecule has 1 unspecified atom stereocenters. The largest absolute Gasteiger partial charge is 0.348 e. The Hall–Kier alpha value is -0.870. The van der Waals surface area contributed by atoms with Crippen molar-refractivity contribution in [3.05, 3.63) is 22.4 Å². The average Bonchev–Trinajstić information content (AvgIpc) is 2.79. The van der Waals surface area contributed by atoms with Crippen LogP contribution in [0.5, 0.6) is 0 Å². The van der Waals surface area contributed by atoms with E-state index in [1.807, 2.05) is 25.4 Å². The van der Waals surface area contributed by atoms with Gasteiger partial charge in [0.2, 0.25) is 5.91 Å². The summed E-state index contributed by atoms with van der Waals surface area (Å²) >= 11 is 1.68. The van der Waals surface area contributed by atoms with Crippen LogP contribution >= 0.6 is 11.3 Å². The molecular formula is C13H22N2OS. The first-order valence-corrected chi connectivity index (χ1v) is 7.02. The van der Waals surface area contributed by atoms with Gasteiger partial charge in [0.25, 0.3) is 0 Å². The summed E-state index contributed by atoms with van der Waals surface area (Å²) in [4.78, 5) is 15.0. The third kappa shape index (κ3) is 5.33. The Morgan fingerprint density at radius 3 is 2.94 bits per heavy atom. The highest BCUT2D eigenvalue weighted by molar-refractivity contribution is 7.10. The minimum Gasteiger partial charge on any atom is -0.348 e. The number of nitrogens with zero attached hydrogens (tertiary/aromatic N) is 1. The Bertz CT molecular complexity index is 324. The lowest BCUT2D eigenvalue weighted by atomic mass is 10.2. The highest BCUT2D eigenvalue weighted by atomic mass is 32.1. The molecule has 3 nitrogen and oxygen atoms in total. The van der Waals surface area contributed by atoms with Gasteiger partial charge < -0.3 is 5.32 Å². The van der Waals surface area contributed by atoms with Gasteiger partial charge in [0.1, 0.15) is 0 Å². The third-order valence-electron chi connectivity index (χ3n) is 2.65. The van der Waals surface area contributed by atoms with Crippen LogP contribution in [-0.2, 0) is 4.79 Å². The lowest BCUT2D eigenvalue weighted by molar-refractivity contribution is -0.122. The minimum absolute atomic E-state index is 0.101. The van der Waals surface area contributed by atoms with Gasteiger partial charge in [0, 0.05) is 4.88 Å². The van der Waals surface area contributed by atoms with Crippen molar-refractivity contribution in [3.8, 4) is 0 Å². The number of thiophene rings is 1. The first kappa shape index (κ1) is 14.2. The molecule has 4 heteroatoms. The molecule has 0 spiro atoms. The Kier molecular flexibility index (Phi) is 6.22. The highest BCUT2D eigenvalue weighted by Crippen LogP contribution is 2.17. The van der Waals surface area contributed by atoms with Gasteiger partial charge in [-0.2, -0.15) is 0 Å². The first-order chi connectivity index (χ1) is 8.13. The Morgan fingerprint density at radius 1 is 1.59 bits per heavy atom. The van der Waals surface area contributed by atoms with Gasteiger partial charge in [0.15, 0.2) is 0 Å². The van der Waals surface area contributed by atoms with Crippen molar-refractivity contribution < 1.29 is 4.79 Å². The van der Waals surface area contributed by atoms with Crippen LogP contribution in [0.2, 0.25) is 0 Å². The summed E-state index contributed by atoms with van der Waals surface area (Å²) in [5, 5.41) is 5.05. The minimum atomic E-state index is 0.101. The van der Waals surface area contributed by atoms with Crippen LogP contribution < -0.4 is 5.32 Å². The Morgan fingerprint density at radius 2 is 2.35 bits per heavy atom. The van der Waals surface area contributed by atoms with E-state index in [9.17, 15) is 4.79 Å². The second-order valence-electron chi connectivity index (χ2n) is 4.40. The van der Waals surface area contributed by atoms with E-state index >= 15 is 0 Å². The van der Waals surface area contributed by atoms with Gasteiger partial charge in [-0.3, -0.25) is 9.69 Å². The van der Waals surface area contributed by atoms with Crippen LogP contribution in [0.4, 0.5) is 0 Å². The second-order valence-corrected chi connectivity index (χ2v) is 5.38. The van der Waals surface area contributed by atoms with E-state index in [0.717, 1.165) is 19.4 Å². The number of hydrogen-bond donors (Lipinski definition) is 1. The zero-order valence-electron chi connectivity index (χ0n) is 10.9. The molecule has 0 bridgehead atoms. The quantitative estimate of drug-likeness (QED) is 0.811. The van der Waals surface area contributed by atoms with Crippen LogP contribution in [0.25, 0.3) is 0 Å². The molecule has 0 aliphatic carbocycles. The lowest BCUT2D eigenvalue weighted by Crippen LogP contribution is -2.36. The summed E-state index contributed by atoms with van der Waals surface area (Å²) in [6.07, 6.45) is 2.31. The smallest absolute Gasteiger partial charge is 0.234 e. The van der Waals surface area contributed by atoms with Crippen molar-refractivity contribution in [2.75, 3.05) is 20.1 Å². The number of carbonyl (C=O) groups excluding carboxylic acids is 1. The molecule has 0 saturated carbocycles. The van der Waals surface area contributed by atoms with Crippen molar-refractivity contribution >= 4 is 17.2 Å². The number of unbranched alkanes of at least 4 members (excludes halogenated alkanes) is 1. The molecule has 1 amide bonds. The molecule has 0 aliphatic heterocycles. The maximum atomic E-state index is 11.8. The van der Waals surface area contributed by atoms with E-state index < -0.39 is 0 Å². The molecule has 1 rings (SSSR count). The number of amides is 1. The topological polar surface area (TPSA) is 32.3 Å². The normalized spacial score (nSPS) is 12.7. The summed E-state index contributed by atoms with van der Waals surface area (Å²) < 4.78 is 0. The van der Waals surface area contributed by atoms with E-state index in [-0.39, 0.29) is 11.9 Å². The van der Waals surface area contributed by atoms with Gasteiger partial charge in [-0.25, -0.2) is 0 Å². The summed E-state index contributed by atoms with van der Waals surface area (Å²) in [6.45, 7) is 5.65. The molecule has 0 aromatic carbocycles. The van der Waals surface area contributed by atoms with E-state index in [0.29, 0.717) is 6.54 Å². The fraction of sp³-hybridized carbons (Fsp3) is 0.615. The zero-order valence-corrected chi connectivity index (χ0v) is 11.7. The maximum Gasteiger partial charge on any atom is 0.234 e. The zero-order chi connectivity index (χ0) is 12.7. The Labute approximate surface area is 108 Å². The molecule has 17 heavy (non-hydrogen) atoms. The molecule has 0 radical (unpaired) electrons. The predicted octanol–water partition coefficient (Wildman–Crippen LogP) is 2.66. The van der Waals surface area contributed by atoms with Crippen LogP contribution in [-0.4, -0.2) is 30.9 Å². The van der Waals surface area contributed by atoms with Crippen molar-refractivity contribution in [2.45, 2.75) is 32.7 Å². The van der Waals surface area contributed by atoms with Crippen molar-refractivity contribution in [2.24, 2.45) is 0 Å². The lowest BCUT2D eigenvalue weighted by Gasteiger charge is -2.18. The number of hydrogen-bond acceptors (Lipinski definition) is 3. The Balaban J connectivity index is 2.29. The van der Waals surface area contributed by atoms with Gasteiger partial charge >= 0.3 is 0 Å². The molecule has 1 aromatic rings. The summed E-state index contributed by atoms with van der Waals surface area (Å²) in [5.41, 5.74) is 0. The molecule has 0 saturated heterocycles. The van der Waals surface area contributed by atoms with Gasteiger partial charge in [-0.05, 0) is 38.4 Å². The SMILES string of the molecule is CCCCN(C)CC(=O)NC(C)c1cccs1. The molecular weight excluding hydrogens is 232 g/mol. The van der Waals surface area contributed by atoms with E-state index in [2.05, 4.69) is 23.2 Å². The first-order valence-electron chi connectivity index (χ1n) is 6.14. The third-order valence-corrected chi connectivity index (χ3v) is 3.71. The van der Waals surface area contributed by atoms with Gasteiger partial charge in [-0.1, -0.05) is 19.4 Å². The molecule has 1 N–H and O–H groups in total. The van der Waals surface area contributed by atoms with E-state index in [1.165, 1.54) is 4.88 Å². The van der Waals surface area contributed by atoms with Crippen LogP contribution in [0.1, 0.15) is 37.6 Å². The standard InChI is InChI=1S/C13H22N2OS/c1-4-5-8-15(3)10-13(16)14-11(2)12-7-6-9-17-12/h6-7,9,11H,4-5,8,10H2,1-3H3,(H,14,16). The second kappa shape index (κ2) is 7.45. The van der Waals surface area contributed by atoms with Crippen LogP contribution in [0.3, 0.4) is 0 Å². The number of carbonyl (C=O) groups is 1. The van der Waals surface area contributed by atoms with Crippen molar-refractivity contribution in [3.63, 3.8) is 0 Å². The molecule has 0 aliphatic rings. The van der Waals surface area contributed by atoms with Crippen molar-refractivity contribution in [1.82, 2.24) is 10.2 Å². The van der Waals surface area contributed by atoms with Gasteiger partial charge in [-0.15, -0.1) is 11.3 Å². The fourth-order valence-corrected chi connectivity index (χ4v) is 2.38.